The summed E-state index contributed by atoms with van der Waals surface area (Å²) in [6.45, 7) is 6.87. The Hall–Kier alpha value is -0.340. The number of aliphatic hydroxyl groups excluding tert-OH is 1. The van der Waals surface area contributed by atoms with Crippen molar-refractivity contribution in [2.75, 3.05) is 13.2 Å². The molecule has 1 aliphatic rings. The van der Waals surface area contributed by atoms with Crippen LogP contribution in [0.5, 0.6) is 0 Å². The van der Waals surface area contributed by atoms with Crippen molar-refractivity contribution in [1.82, 2.24) is 0 Å². The predicted octanol–water partition coefficient (Wildman–Crippen LogP) is 1.60. The zero-order valence-corrected chi connectivity index (χ0v) is 7.70. The van der Waals surface area contributed by atoms with E-state index in [1.165, 1.54) is 0 Å². The Morgan fingerprint density at radius 2 is 2.50 bits per heavy atom. The monoisotopic (exact) mass is 170 g/mol. The SMILES string of the molecule is C=CC(CO)[C@@H]1OCC[C@H]1CC. The van der Waals surface area contributed by atoms with Crippen molar-refractivity contribution in [1.29, 1.82) is 0 Å². The summed E-state index contributed by atoms with van der Waals surface area (Å²) in [6.07, 6.45) is 4.27. The first-order chi connectivity index (χ1) is 5.83. The highest BCUT2D eigenvalue weighted by Crippen LogP contribution is 2.29. The molecule has 1 rings (SSSR count). The van der Waals surface area contributed by atoms with Gasteiger partial charge in [0, 0.05) is 12.5 Å². The van der Waals surface area contributed by atoms with Crippen molar-refractivity contribution in [3.8, 4) is 0 Å². The molecule has 0 amide bonds. The van der Waals surface area contributed by atoms with Gasteiger partial charge >= 0.3 is 0 Å². The van der Waals surface area contributed by atoms with Crippen LogP contribution in [-0.2, 0) is 4.74 Å². The first kappa shape index (κ1) is 9.75. The van der Waals surface area contributed by atoms with Gasteiger partial charge in [0.05, 0.1) is 12.7 Å². The molecule has 3 atom stereocenters. The van der Waals surface area contributed by atoms with Crippen molar-refractivity contribution in [3.63, 3.8) is 0 Å². The van der Waals surface area contributed by atoms with E-state index in [0.29, 0.717) is 5.92 Å². The van der Waals surface area contributed by atoms with Gasteiger partial charge in [0.15, 0.2) is 0 Å². The molecule has 0 bridgehead atoms. The van der Waals surface area contributed by atoms with Gasteiger partial charge < -0.3 is 9.84 Å². The van der Waals surface area contributed by atoms with Crippen LogP contribution in [0.2, 0.25) is 0 Å². The lowest BCUT2D eigenvalue weighted by atomic mass is 9.89. The number of rotatable bonds is 4. The van der Waals surface area contributed by atoms with Crippen LogP contribution in [0.3, 0.4) is 0 Å². The van der Waals surface area contributed by atoms with Gasteiger partial charge in [0.2, 0.25) is 0 Å². The van der Waals surface area contributed by atoms with E-state index in [0.717, 1.165) is 19.4 Å². The maximum Gasteiger partial charge on any atom is 0.0688 e. The smallest absolute Gasteiger partial charge is 0.0688 e. The van der Waals surface area contributed by atoms with Crippen LogP contribution in [0.15, 0.2) is 12.7 Å². The lowest BCUT2D eigenvalue weighted by molar-refractivity contribution is 0.0354. The van der Waals surface area contributed by atoms with Crippen molar-refractivity contribution in [2.24, 2.45) is 11.8 Å². The molecule has 1 saturated heterocycles. The second-order valence-electron chi connectivity index (χ2n) is 3.37. The molecular formula is C10H18O2. The van der Waals surface area contributed by atoms with Crippen LogP contribution >= 0.6 is 0 Å². The zero-order valence-electron chi connectivity index (χ0n) is 7.70. The second kappa shape index (κ2) is 4.63. The first-order valence-electron chi connectivity index (χ1n) is 4.68. The molecular weight excluding hydrogens is 152 g/mol. The lowest BCUT2D eigenvalue weighted by Crippen LogP contribution is -2.27. The summed E-state index contributed by atoms with van der Waals surface area (Å²) in [5, 5.41) is 9.05. The summed E-state index contributed by atoms with van der Waals surface area (Å²) < 4.78 is 5.57. The normalized spacial score (nSPS) is 31.8. The molecule has 12 heavy (non-hydrogen) atoms. The minimum absolute atomic E-state index is 0.123. The Morgan fingerprint density at radius 1 is 1.75 bits per heavy atom. The third-order valence-corrected chi connectivity index (χ3v) is 2.72. The summed E-state index contributed by atoms with van der Waals surface area (Å²) >= 11 is 0. The predicted molar refractivity (Wildman–Crippen MR) is 48.9 cm³/mol. The van der Waals surface area contributed by atoms with Crippen LogP contribution in [0, 0.1) is 11.8 Å². The van der Waals surface area contributed by atoms with Crippen molar-refractivity contribution in [2.45, 2.75) is 25.9 Å². The molecule has 1 fully saturated rings. The van der Waals surface area contributed by atoms with Crippen LogP contribution < -0.4 is 0 Å². The fourth-order valence-electron chi connectivity index (χ4n) is 1.88. The van der Waals surface area contributed by atoms with E-state index in [-0.39, 0.29) is 18.6 Å². The van der Waals surface area contributed by atoms with Gasteiger partial charge in [-0.1, -0.05) is 19.4 Å². The summed E-state index contributed by atoms with van der Waals surface area (Å²) in [4.78, 5) is 0. The van der Waals surface area contributed by atoms with E-state index in [4.69, 9.17) is 9.84 Å². The highest BCUT2D eigenvalue weighted by molar-refractivity contribution is 4.90. The Balaban J connectivity index is 2.52. The summed E-state index contributed by atoms with van der Waals surface area (Å²) in [5.41, 5.74) is 0. The molecule has 2 nitrogen and oxygen atoms in total. The van der Waals surface area contributed by atoms with Gasteiger partial charge in [-0.15, -0.1) is 6.58 Å². The molecule has 0 spiro atoms. The van der Waals surface area contributed by atoms with Gasteiger partial charge in [0.1, 0.15) is 0 Å². The molecule has 70 valence electrons. The molecule has 1 aliphatic heterocycles. The van der Waals surface area contributed by atoms with Crippen LogP contribution in [0.4, 0.5) is 0 Å². The maximum absolute atomic E-state index is 9.05. The average Bonchev–Trinajstić information content (AvgIpc) is 2.55. The fraction of sp³-hybridized carbons (Fsp3) is 0.800. The van der Waals surface area contributed by atoms with Crippen molar-refractivity contribution in [3.05, 3.63) is 12.7 Å². The molecule has 1 heterocycles. The molecule has 2 heteroatoms. The molecule has 0 saturated carbocycles. The lowest BCUT2D eigenvalue weighted by Gasteiger charge is -2.22. The Bertz CT molecular complexity index is 145. The molecule has 0 aromatic carbocycles. The quantitative estimate of drug-likeness (QED) is 0.649. The maximum atomic E-state index is 9.05. The Labute approximate surface area is 74.2 Å². The van der Waals surface area contributed by atoms with E-state index in [1.807, 2.05) is 0 Å². The summed E-state index contributed by atoms with van der Waals surface area (Å²) in [7, 11) is 0. The Morgan fingerprint density at radius 3 is 3.00 bits per heavy atom. The highest BCUT2D eigenvalue weighted by Gasteiger charge is 2.31. The number of hydrogen-bond donors (Lipinski definition) is 1. The first-order valence-corrected chi connectivity index (χ1v) is 4.68. The largest absolute Gasteiger partial charge is 0.396 e. The van der Waals surface area contributed by atoms with Crippen LogP contribution in [0.1, 0.15) is 19.8 Å². The van der Waals surface area contributed by atoms with E-state index < -0.39 is 0 Å². The van der Waals surface area contributed by atoms with Gasteiger partial charge in [-0.25, -0.2) is 0 Å². The minimum Gasteiger partial charge on any atom is -0.396 e. The van der Waals surface area contributed by atoms with Gasteiger partial charge in [-0.3, -0.25) is 0 Å². The van der Waals surface area contributed by atoms with E-state index >= 15 is 0 Å². The third-order valence-electron chi connectivity index (χ3n) is 2.72. The molecule has 0 aliphatic carbocycles. The number of ether oxygens (including phenoxy) is 1. The molecule has 1 unspecified atom stereocenters. The van der Waals surface area contributed by atoms with Gasteiger partial charge in [0.25, 0.3) is 0 Å². The fourth-order valence-corrected chi connectivity index (χ4v) is 1.88. The molecule has 0 aromatic heterocycles. The van der Waals surface area contributed by atoms with Crippen molar-refractivity contribution >= 4 is 0 Å². The summed E-state index contributed by atoms with van der Waals surface area (Å²) in [5.74, 6) is 0.734. The number of aliphatic hydroxyl groups is 1. The van der Waals surface area contributed by atoms with E-state index in [1.54, 1.807) is 6.08 Å². The topological polar surface area (TPSA) is 29.5 Å². The standard InChI is InChI=1S/C10H18O2/c1-3-8-5-6-12-10(8)9(4-2)7-11/h4,8-11H,2-3,5-7H2,1H3/t8-,9?,10-/m1/s1. The number of hydrogen-bond acceptors (Lipinski definition) is 2. The van der Waals surface area contributed by atoms with Crippen LogP contribution in [-0.4, -0.2) is 24.4 Å². The second-order valence-corrected chi connectivity index (χ2v) is 3.37. The average molecular weight is 170 g/mol. The van der Waals surface area contributed by atoms with E-state index in [9.17, 15) is 0 Å². The Kier molecular flexibility index (Phi) is 3.76. The highest BCUT2D eigenvalue weighted by atomic mass is 16.5. The van der Waals surface area contributed by atoms with E-state index in [2.05, 4.69) is 13.5 Å². The minimum atomic E-state index is 0.123. The summed E-state index contributed by atoms with van der Waals surface area (Å²) in [6, 6.07) is 0. The molecule has 0 radical (unpaired) electrons. The molecule has 0 aromatic rings. The molecule has 1 N–H and O–H groups in total. The zero-order chi connectivity index (χ0) is 8.97. The van der Waals surface area contributed by atoms with Gasteiger partial charge in [-0.2, -0.15) is 0 Å². The van der Waals surface area contributed by atoms with Crippen molar-refractivity contribution < 1.29 is 9.84 Å². The third kappa shape index (κ3) is 1.87. The van der Waals surface area contributed by atoms with Crippen LogP contribution in [0.25, 0.3) is 0 Å². The van der Waals surface area contributed by atoms with Gasteiger partial charge in [-0.05, 0) is 12.3 Å².